The van der Waals surface area contributed by atoms with E-state index in [0.29, 0.717) is 0 Å². The summed E-state index contributed by atoms with van der Waals surface area (Å²) in [5.74, 6) is 1.05. The molecule has 0 aliphatic rings. The van der Waals surface area contributed by atoms with E-state index in [1.807, 2.05) is 0 Å². The van der Waals surface area contributed by atoms with Crippen LogP contribution in [0.2, 0.25) is 17.7 Å². The van der Waals surface area contributed by atoms with Gasteiger partial charge in [0, 0.05) is 0 Å². The topological polar surface area (TPSA) is 0 Å². The molecule has 0 amide bonds. The standard InChI is InChI=1S/C32H65.3C8H17.H2S.2Sn/c1-4-7-10-13-15-17-19-21-24-27-30-32(29-26-23-12-9-6-3)31-28-25-22-20-18-16-14-11-8-5-2;3*1-3-5-7-8-6-4-2;;;/h32H,3-31H2,1-2H3;3*1,3-8H2,2H3;1H2;;/q;;;;;;+1/p-1. The molecular weight excluding hydrogens is 942 g/mol. The summed E-state index contributed by atoms with van der Waals surface area (Å²) in [6.07, 6.45) is 68.6. The fourth-order valence-corrected chi connectivity index (χ4v) is 16.0. The van der Waals surface area contributed by atoms with Crippen molar-refractivity contribution in [3.63, 3.8) is 0 Å². The molecule has 0 atom stereocenters. The summed E-state index contributed by atoms with van der Waals surface area (Å²) in [7, 11) is 0. The Morgan fingerprint density at radius 1 is 0.254 bits per heavy atom. The van der Waals surface area contributed by atoms with Crippen LogP contribution in [-0.2, 0) is 13.5 Å². The largest absolute Gasteiger partial charge is 0.813 e. The van der Waals surface area contributed by atoms with Crippen LogP contribution in [0.15, 0.2) is 0 Å². The first-order chi connectivity index (χ1) is 28.8. The Balaban J connectivity index is -0.00000146. The minimum Gasteiger partial charge on any atom is -0.813 e. The molecule has 0 heterocycles. The molecule has 0 aromatic heterocycles. The number of unbranched alkanes of at least 4 members (excludes halogenated alkanes) is 37. The smallest absolute Gasteiger partial charge is 0.813 e. The maximum Gasteiger partial charge on any atom is -0.813 e. The molecule has 0 rings (SSSR count). The van der Waals surface area contributed by atoms with Crippen LogP contribution in [-0.4, -0.2) is 42.3 Å². The minimum absolute atomic E-state index is 0. The summed E-state index contributed by atoms with van der Waals surface area (Å²) in [5.41, 5.74) is 0. The van der Waals surface area contributed by atoms with Crippen molar-refractivity contribution >= 4 is 55.8 Å². The Morgan fingerprint density at radius 3 is 0.712 bits per heavy atom. The van der Waals surface area contributed by atoms with Crippen molar-refractivity contribution in [3.8, 4) is 0 Å². The Kier molecular flexibility index (Phi) is 71.0. The van der Waals surface area contributed by atoms with Crippen molar-refractivity contribution in [1.29, 1.82) is 0 Å². The summed E-state index contributed by atoms with van der Waals surface area (Å²) in [6.45, 7) is 11.6. The van der Waals surface area contributed by atoms with Crippen molar-refractivity contribution in [2.45, 2.75) is 348 Å². The summed E-state index contributed by atoms with van der Waals surface area (Å²) in [4.78, 5) is 0. The summed E-state index contributed by atoms with van der Waals surface area (Å²) in [6, 6.07) is 0. The van der Waals surface area contributed by atoms with Crippen LogP contribution in [0.4, 0.5) is 0 Å². The SMILES string of the molecule is CCCCCCCCCCCCC(CCCCCCCCCCCC)CCCCCC[CH2][Sn+][CH2]CCCCCCC.CCCCCCC[CH2][Sn][CH2]CCCCCCC.[SH-]. The predicted molar refractivity (Wildman–Crippen MR) is 284 cm³/mol. The average molecular weight is 1060 g/mol. The van der Waals surface area contributed by atoms with Crippen molar-refractivity contribution < 1.29 is 0 Å². The van der Waals surface area contributed by atoms with E-state index < -0.39 is 0 Å². The van der Waals surface area contributed by atoms with Gasteiger partial charge in [-0.1, -0.05) is 104 Å². The molecule has 0 spiro atoms. The summed E-state index contributed by atoms with van der Waals surface area (Å²) in [5, 5.41) is 0. The fraction of sp³-hybridized carbons (Fsp3) is 1.00. The van der Waals surface area contributed by atoms with Crippen LogP contribution in [0.5, 0.6) is 0 Å². The number of rotatable bonds is 51. The fourth-order valence-electron chi connectivity index (χ4n) is 8.83. The minimum atomic E-state index is -0.000249. The maximum absolute atomic E-state index is 2.32. The van der Waals surface area contributed by atoms with E-state index in [4.69, 9.17) is 0 Å². The van der Waals surface area contributed by atoms with Crippen molar-refractivity contribution in [3.05, 3.63) is 0 Å². The Bertz CT molecular complexity index is 618. The van der Waals surface area contributed by atoms with Crippen LogP contribution in [0, 0.1) is 5.92 Å². The van der Waals surface area contributed by atoms with E-state index >= 15 is 0 Å². The van der Waals surface area contributed by atoms with Gasteiger partial charge in [-0.3, -0.25) is 0 Å². The molecule has 59 heavy (non-hydrogen) atoms. The van der Waals surface area contributed by atoms with Gasteiger partial charge in [-0.2, -0.15) is 0 Å². The van der Waals surface area contributed by atoms with E-state index in [1.54, 1.807) is 69.1 Å². The number of thiol groups is 1. The molecule has 0 saturated heterocycles. The zero-order valence-electron chi connectivity index (χ0n) is 42.4. The Hall–Kier alpha value is 1.95. The van der Waals surface area contributed by atoms with Gasteiger partial charge in [0.1, 0.15) is 0 Å². The molecule has 0 N–H and O–H groups in total. The first-order valence-electron chi connectivity index (χ1n) is 28.2. The third kappa shape index (κ3) is 64.3. The molecule has 3 heteroatoms. The van der Waals surface area contributed by atoms with Gasteiger partial charge in [0.25, 0.3) is 0 Å². The molecular formula is C56H117SSn2. The quantitative estimate of drug-likeness (QED) is 0.0253. The monoisotopic (exact) mass is 1060 g/mol. The van der Waals surface area contributed by atoms with Gasteiger partial charge in [0.2, 0.25) is 0 Å². The zero-order valence-corrected chi connectivity index (χ0v) is 49.0. The summed E-state index contributed by atoms with van der Waals surface area (Å²) >= 11 is 0.0733. The second-order valence-electron chi connectivity index (χ2n) is 19.2. The molecule has 0 aliphatic heterocycles. The van der Waals surface area contributed by atoms with Gasteiger partial charge in [-0.05, 0) is 0 Å². The van der Waals surface area contributed by atoms with Crippen LogP contribution in [0.1, 0.15) is 330 Å². The van der Waals surface area contributed by atoms with Crippen molar-refractivity contribution in [1.82, 2.24) is 0 Å². The zero-order chi connectivity index (χ0) is 42.3. The van der Waals surface area contributed by atoms with Crippen LogP contribution < -0.4 is 0 Å². The Labute approximate surface area is 406 Å². The second kappa shape index (κ2) is 64.2. The average Bonchev–Trinajstić information content (AvgIpc) is 3.24. The van der Waals surface area contributed by atoms with Gasteiger partial charge < -0.3 is 13.5 Å². The van der Waals surface area contributed by atoms with E-state index in [-0.39, 0.29) is 55.8 Å². The predicted octanol–water partition coefficient (Wildman–Crippen LogP) is 21.4. The molecule has 0 aromatic carbocycles. The van der Waals surface area contributed by atoms with Crippen LogP contribution >= 0.6 is 0 Å². The molecule has 0 fully saturated rings. The molecule has 0 nitrogen and oxygen atoms in total. The first-order valence-corrected chi connectivity index (χ1v) is 36.2. The summed E-state index contributed by atoms with van der Waals surface area (Å²) < 4.78 is 6.64. The van der Waals surface area contributed by atoms with E-state index in [9.17, 15) is 0 Å². The molecule has 355 valence electrons. The van der Waals surface area contributed by atoms with E-state index in [1.165, 1.54) is 244 Å². The third-order valence-corrected chi connectivity index (χ3v) is 21.1. The van der Waals surface area contributed by atoms with Crippen LogP contribution in [0.25, 0.3) is 0 Å². The first kappa shape index (κ1) is 65.2. The maximum atomic E-state index is 2.32. The third-order valence-electron chi connectivity index (χ3n) is 13.0. The molecule has 0 aliphatic carbocycles. The van der Waals surface area contributed by atoms with Gasteiger partial charge >= 0.3 is 292 Å². The van der Waals surface area contributed by atoms with Gasteiger partial charge in [-0.15, -0.1) is 0 Å². The van der Waals surface area contributed by atoms with Gasteiger partial charge in [0.15, 0.2) is 0 Å². The van der Waals surface area contributed by atoms with Crippen molar-refractivity contribution in [2.24, 2.45) is 5.92 Å². The second-order valence-corrected chi connectivity index (χ2v) is 27.7. The molecule has 0 unspecified atom stereocenters. The normalized spacial score (nSPS) is 11.2. The molecule has 0 saturated carbocycles. The van der Waals surface area contributed by atoms with E-state index in [2.05, 4.69) is 34.6 Å². The van der Waals surface area contributed by atoms with Crippen LogP contribution in [0.3, 0.4) is 0 Å². The molecule has 0 aromatic rings. The molecule has 0 bridgehead atoms. The van der Waals surface area contributed by atoms with Crippen molar-refractivity contribution in [2.75, 3.05) is 0 Å². The molecule has 3 radical (unpaired) electrons. The number of hydrogen-bond donors (Lipinski definition) is 0. The van der Waals surface area contributed by atoms with E-state index in [0.717, 1.165) is 5.92 Å². The van der Waals surface area contributed by atoms with Gasteiger partial charge in [-0.25, -0.2) is 0 Å². The van der Waals surface area contributed by atoms with Gasteiger partial charge in [0.05, 0.1) is 0 Å². The Morgan fingerprint density at radius 2 is 0.458 bits per heavy atom. The number of hydrogen-bond acceptors (Lipinski definition) is 1.